The van der Waals surface area contributed by atoms with Crippen molar-refractivity contribution in [1.82, 2.24) is 14.9 Å². The number of pyridine rings is 1. The average Bonchev–Trinajstić information content (AvgIpc) is 3.65. The monoisotopic (exact) mass is 585 g/mol. The lowest BCUT2D eigenvalue weighted by Gasteiger charge is -2.23. The zero-order valence-corrected chi connectivity index (χ0v) is 23.4. The van der Waals surface area contributed by atoms with E-state index in [0.717, 1.165) is 29.9 Å². The van der Waals surface area contributed by atoms with E-state index in [0.29, 0.717) is 17.9 Å². The van der Waals surface area contributed by atoms with Crippen LogP contribution in [0.1, 0.15) is 29.5 Å². The number of alkyl halides is 2. The first-order valence-electron chi connectivity index (χ1n) is 12.7. The Kier molecular flexibility index (Phi) is 8.57. The van der Waals surface area contributed by atoms with Crippen LogP contribution in [0.5, 0.6) is 5.75 Å². The van der Waals surface area contributed by atoms with E-state index in [1.807, 2.05) is 18.2 Å². The molecule has 0 saturated carbocycles. The summed E-state index contributed by atoms with van der Waals surface area (Å²) in [5, 5.41) is 4.30. The number of halogens is 2. The zero-order chi connectivity index (χ0) is 28.1. The molecule has 1 fully saturated rings. The van der Waals surface area contributed by atoms with Gasteiger partial charge in [-0.15, -0.1) is 11.3 Å². The fourth-order valence-corrected chi connectivity index (χ4v) is 6.64. The normalized spacial score (nSPS) is 15.8. The number of anilines is 2. The first kappa shape index (κ1) is 27.9. The number of hydrogen-bond donors (Lipinski definition) is 1. The van der Waals surface area contributed by atoms with Gasteiger partial charge < -0.3 is 10.1 Å². The molecule has 4 aromatic rings. The van der Waals surface area contributed by atoms with Gasteiger partial charge in [-0.05, 0) is 35.7 Å². The molecule has 0 radical (unpaired) electrons. The van der Waals surface area contributed by atoms with Gasteiger partial charge in [-0.3, -0.25) is 4.90 Å². The van der Waals surface area contributed by atoms with Crippen LogP contribution in [0.2, 0.25) is 0 Å². The minimum atomic E-state index is -4.32. The van der Waals surface area contributed by atoms with Crippen LogP contribution in [0, 0.1) is 0 Å². The van der Waals surface area contributed by atoms with Gasteiger partial charge in [0.1, 0.15) is 5.75 Å². The van der Waals surface area contributed by atoms with E-state index in [1.54, 1.807) is 36.8 Å². The number of likely N-dealkylation sites (tertiary alicyclic amines) is 1. The van der Waals surface area contributed by atoms with E-state index in [2.05, 4.69) is 32.3 Å². The van der Waals surface area contributed by atoms with Crippen LogP contribution in [0.25, 0.3) is 0 Å². The maximum absolute atomic E-state index is 14.2. The molecule has 1 N–H and O–H groups in total. The van der Waals surface area contributed by atoms with Crippen LogP contribution in [-0.2, 0) is 23.1 Å². The van der Waals surface area contributed by atoms with E-state index >= 15 is 0 Å². The molecule has 5 rings (SSSR count). The predicted octanol–water partition coefficient (Wildman–Crippen LogP) is 5.57. The molecule has 0 aliphatic carbocycles. The highest BCUT2D eigenvalue weighted by atomic mass is 32.2. The Labute approximate surface area is 236 Å². The number of nitrogens with one attached hydrogen (secondary N) is 1. The Bertz CT molecular complexity index is 1500. The van der Waals surface area contributed by atoms with Crippen LogP contribution in [0.15, 0.2) is 82.8 Å². The molecule has 0 bridgehead atoms. The lowest BCUT2D eigenvalue weighted by Crippen LogP contribution is -2.32. The number of ether oxygens (including phenoxy) is 1. The van der Waals surface area contributed by atoms with Crippen molar-refractivity contribution in [3.8, 4) is 5.75 Å². The number of hydrogen-bond acceptors (Lipinski definition) is 8. The third-order valence-corrected chi connectivity index (χ3v) is 8.96. The van der Waals surface area contributed by atoms with Crippen molar-refractivity contribution < 1.29 is 21.9 Å². The SMILES string of the molecule is COc1ccc(CN(c2cscn2)S(=O)(=O)c2cc(C(F)F)c(N[C@H]3CCN(Cc4ccccc4)C3)cn2)cc1. The van der Waals surface area contributed by atoms with Gasteiger partial charge in [0.2, 0.25) is 0 Å². The van der Waals surface area contributed by atoms with Gasteiger partial charge in [-0.25, -0.2) is 23.1 Å². The fraction of sp³-hybridized carbons (Fsp3) is 0.286. The summed E-state index contributed by atoms with van der Waals surface area (Å²) in [6.45, 7) is 2.22. The summed E-state index contributed by atoms with van der Waals surface area (Å²) in [7, 11) is -2.77. The quantitative estimate of drug-likeness (QED) is 0.246. The minimum absolute atomic E-state index is 0.0545. The van der Waals surface area contributed by atoms with Gasteiger partial charge >= 0.3 is 0 Å². The van der Waals surface area contributed by atoms with Crippen molar-refractivity contribution >= 4 is 32.9 Å². The van der Waals surface area contributed by atoms with Gasteiger partial charge in [0, 0.05) is 36.6 Å². The Balaban J connectivity index is 1.36. The molecular weight excluding hydrogens is 556 g/mol. The van der Waals surface area contributed by atoms with Crippen molar-refractivity contribution in [3.63, 3.8) is 0 Å². The molecule has 2 aromatic heterocycles. The third kappa shape index (κ3) is 6.40. The number of nitrogens with zero attached hydrogens (tertiary/aromatic N) is 4. The average molecular weight is 586 g/mol. The Hall–Kier alpha value is -3.61. The smallest absolute Gasteiger partial charge is 0.283 e. The largest absolute Gasteiger partial charge is 0.497 e. The summed E-state index contributed by atoms with van der Waals surface area (Å²) in [6.07, 6.45) is -0.925. The lowest BCUT2D eigenvalue weighted by molar-refractivity contribution is 0.151. The maximum atomic E-state index is 14.2. The molecule has 210 valence electrons. The molecule has 8 nitrogen and oxygen atoms in total. The molecule has 40 heavy (non-hydrogen) atoms. The summed E-state index contributed by atoms with van der Waals surface area (Å²) in [4.78, 5) is 10.6. The second-order valence-electron chi connectivity index (χ2n) is 9.47. The van der Waals surface area contributed by atoms with Gasteiger partial charge in [-0.2, -0.15) is 8.42 Å². The summed E-state index contributed by atoms with van der Waals surface area (Å²) in [5.41, 5.74) is 3.10. The van der Waals surface area contributed by atoms with E-state index in [1.165, 1.54) is 28.6 Å². The molecular formula is C28H29F2N5O3S2. The second-order valence-corrected chi connectivity index (χ2v) is 12.0. The Morgan fingerprint density at radius 1 is 1.12 bits per heavy atom. The molecule has 0 spiro atoms. The standard InChI is InChI=1S/C28H29F2N5O3S2/c1-38-23-9-7-21(8-10-23)16-35(26-18-39-19-32-26)40(36,37)27-13-24(28(29)30)25(14-31-27)33-22-11-12-34(17-22)15-20-5-3-2-4-6-20/h2-10,13-14,18-19,22,28,33H,11-12,15-17H2,1H3/t22-/m0/s1. The molecule has 3 heterocycles. The van der Waals surface area contributed by atoms with Crippen molar-refractivity contribution in [3.05, 3.63) is 94.4 Å². The highest BCUT2D eigenvalue weighted by molar-refractivity contribution is 7.92. The van der Waals surface area contributed by atoms with Crippen molar-refractivity contribution in [2.24, 2.45) is 0 Å². The molecule has 0 amide bonds. The molecule has 1 aliphatic heterocycles. The summed E-state index contributed by atoms with van der Waals surface area (Å²) in [5.74, 6) is 0.816. The minimum Gasteiger partial charge on any atom is -0.497 e. The zero-order valence-electron chi connectivity index (χ0n) is 21.8. The first-order valence-corrected chi connectivity index (χ1v) is 15.1. The van der Waals surface area contributed by atoms with Crippen LogP contribution < -0.4 is 14.4 Å². The Morgan fingerprint density at radius 2 is 1.90 bits per heavy atom. The molecule has 1 saturated heterocycles. The molecule has 1 atom stereocenters. The van der Waals surface area contributed by atoms with Crippen molar-refractivity contribution in [2.45, 2.75) is 37.0 Å². The summed E-state index contributed by atoms with van der Waals surface area (Å²) >= 11 is 1.23. The predicted molar refractivity (Wildman–Crippen MR) is 151 cm³/mol. The Morgan fingerprint density at radius 3 is 2.58 bits per heavy atom. The van der Waals surface area contributed by atoms with Crippen LogP contribution in [0.4, 0.5) is 20.3 Å². The van der Waals surface area contributed by atoms with E-state index in [4.69, 9.17) is 4.74 Å². The molecule has 1 aliphatic rings. The van der Waals surface area contributed by atoms with Crippen LogP contribution >= 0.6 is 11.3 Å². The first-order chi connectivity index (χ1) is 19.3. The number of benzene rings is 2. The van der Waals surface area contributed by atoms with Crippen molar-refractivity contribution in [1.29, 1.82) is 0 Å². The van der Waals surface area contributed by atoms with Crippen LogP contribution in [-0.4, -0.2) is 49.5 Å². The number of thiazole rings is 1. The highest BCUT2D eigenvalue weighted by Crippen LogP contribution is 2.32. The van der Waals surface area contributed by atoms with Gasteiger partial charge in [0.05, 0.1) is 31.0 Å². The summed E-state index contributed by atoms with van der Waals surface area (Å²) < 4.78 is 62.2. The number of methoxy groups -OCH3 is 1. The second kappa shape index (κ2) is 12.3. The van der Waals surface area contributed by atoms with E-state index < -0.39 is 27.0 Å². The van der Waals surface area contributed by atoms with Gasteiger partial charge in [0.15, 0.2) is 10.8 Å². The number of rotatable bonds is 11. The fourth-order valence-electron chi connectivity index (χ4n) is 4.68. The third-order valence-electron chi connectivity index (χ3n) is 6.74. The molecule has 2 aromatic carbocycles. The van der Waals surface area contributed by atoms with Gasteiger partial charge in [-0.1, -0.05) is 42.5 Å². The number of aromatic nitrogens is 2. The topological polar surface area (TPSA) is 87.7 Å². The number of sulfonamides is 1. The molecule has 12 heteroatoms. The highest BCUT2D eigenvalue weighted by Gasteiger charge is 2.31. The van der Waals surface area contributed by atoms with E-state index in [9.17, 15) is 17.2 Å². The summed E-state index contributed by atoms with van der Waals surface area (Å²) in [6, 6.07) is 17.9. The van der Waals surface area contributed by atoms with Gasteiger partial charge in [0.25, 0.3) is 16.4 Å². The lowest BCUT2D eigenvalue weighted by atomic mass is 10.2. The maximum Gasteiger partial charge on any atom is 0.283 e. The van der Waals surface area contributed by atoms with Crippen molar-refractivity contribution in [2.75, 3.05) is 29.8 Å². The van der Waals surface area contributed by atoms with Crippen LogP contribution in [0.3, 0.4) is 0 Å². The molecule has 0 unspecified atom stereocenters. The van der Waals surface area contributed by atoms with E-state index in [-0.39, 0.29) is 24.1 Å².